The molecule has 0 spiro atoms. The number of rotatable bonds is 4. The maximum absolute atomic E-state index is 14.5. The lowest BCUT2D eigenvalue weighted by molar-refractivity contribution is 0.0182. The second kappa shape index (κ2) is 7.61. The van der Waals surface area contributed by atoms with E-state index in [-0.39, 0.29) is 17.0 Å². The average Bonchev–Trinajstić information content (AvgIpc) is 3.10. The van der Waals surface area contributed by atoms with Gasteiger partial charge in [-0.2, -0.15) is 0 Å². The Balaban J connectivity index is 1.99. The molecule has 3 aromatic rings. The number of ether oxygens (including phenoxy) is 1. The number of hydrogen-bond acceptors (Lipinski definition) is 6. The van der Waals surface area contributed by atoms with Gasteiger partial charge < -0.3 is 14.6 Å². The minimum atomic E-state index is -0.649. The van der Waals surface area contributed by atoms with E-state index in [1.165, 1.54) is 27.9 Å². The Morgan fingerprint density at radius 3 is 2.76 bits per heavy atom. The summed E-state index contributed by atoms with van der Waals surface area (Å²) in [5.74, 6) is -0.613. The number of imidazole rings is 1. The summed E-state index contributed by atoms with van der Waals surface area (Å²) in [6, 6.07) is 0.978. The van der Waals surface area contributed by atoms with Gasteiger partial charge in [0.15, 0.2) is 11.6 Å². The van der Waals surface area contributed by atoms with Gasteiger partial charge in [-0.05, 0) is 40.7 Å². The Morgan fingerprint density at radius 2 is 2.10 bits per heavy atom. The summed E-state index contributed by atoms with van der Waals surface area (Å²) in [6.45, 7) is 9.31. The van der Waals surface area contributed by atoms with Crippen LogP contribution in [0.4, 0.5) is 9.18 Å². The molecule has 0 saturated carbocycles. The Hall–Kier alpha value is -3.30. The van der Waals surface area contributed by atoms with Crippen LogP contribution >= 0.6 is 0 Å². The highest BCUT2D eigenvalue weighted by Crippen LogP contribution is 2.26. The molecular weight excluding hydrogens is 379 g/mol. The molecule has 0 aliphatic rings. The number of nitrogens with zero attached hydrogens (tertiary/aromatic N) is 5. The van der Waals surface area contributed by atoms with Gasteiger partial charge in [-0.15, -0.1) is 5.10 Å². The molecule has 0 fully saturated rings. The van der Waals surface area contributed by atoms with Crippen molar-refractivity contribution in [1.82, 2.24) is 29.5 Å². The number of pyridine rings is 1. The molecule has 0 aliphatic heterocycles. The average molecular weight is 402 g/mol. The standard InChI is InChI=1S/C19H23FN6O3/c1-6-25(18(28)29-19(3,4)5)11(2)14-9-12(13(20)10-22-14)15-23-17(27)16-21-7-8-26(16)24-15/h7-11H,6H2,1-5H3,(H,23,24,27)/t11-/m1/s1. The Morgan fingerprint density at radius 1 is 1.38 bits per heavy atom. The predicted octanol–water partition coefficient (Wildman–Crippen LogP) is 2.94. The van der Waals surface area contributed by atoms with E-state index in [0.29, 0.717) is 12.2 Å². The number of carbonyl (C=O) groups is 1. The number of hydrogen-bond donors (Lipinski definition) is 1. The van der Waals surface area contributed by atoms with Crippen molar-refractivity contribution in [2.45, 2.75) is 46.3 Å². The van der Waals surface area contributed by atoms with Gasteiger partial charge in [0, 0.05) is 18.9 Å². The molecule has 1 amide bonds. The quantitative estimate of drug-likeness (QED) is 0.719. The highest BCUT2D eigenvalue weighted by Gasteiger charge is 2.27. The number of H-pyrrole nitrogens is 1. The number of halogens is 1. The van der Waals surface area contributed by atoms with Crippen molar-refractivity contribution in [3.05, 3.63) is 46.5 Å². The fourth-order valence-corrected chi connectivity index (χ4v) is 2.86. The molecule has 0 aliphatic carbocycles. The van der Waals surface area contributed by atoms with Crippen molar-refractivity contribution in [2.75, 3.05) is 6.54 Å². The summed E-state index contributed by atoms with van der Waals surface area (Å²) in [7, 11) is 0. The fourth-order valence-electron chi connectivity index (χ4n) is 2.86. The molecule has 3 aromatic heterocycles. The molecule has 9 nitrogen and oxygen atoms in total. The van der Waals surface area contributed by atoms with E-state index in [1.807, 2.05) is 6.92 Å². The maximum Gasteiger partial charge on any atom is 0.410 e. The van der Waals surface area contributed by atoms with Gasteiger partial charge in [0.05, 0.1) is 23.5 Å². The van der Waals surface area contributed by atoms with Crippen LogP contribution < -0.4 is 5.56 Å². The Bertz CT molecular complexity index is 1100. The second-order valence-electron chi connectivity index (χ2n) is 7.53. The maximum atomic E-state index is 14.5. The van der Waals surface area contributed by atoms with Crippen LogP contribution in [0.1, 0.15) is 46.4 Å². The van der Waals surface area contributed by atoms with Gasteiger partial charge >= 0.3 is 6.09 Å². The van der Waals surface area contributed by atoms with Crippen LogP contribution in [0.3, 0.4) is 0 Å². The molecule has 0 aromatic carbocycles. The van der Waals surface area contributed by atoms with E-state index < -0.39 is 29.1 Å². The minimum Gasteiger partial charge on any atom is -0.444 e. The summed E-state index contributed by atoms with van der Waals surface area (Å²) in [6.07, 6.45) is 3.48. The van der Waals surface area contributed by atoms with E-state index in [4.69, 9.17) is 4.74 Å². The largest absolute Gasteiger partial charge is 0.444 e. The molecule has 3 heterocycles. The number of carbonyl (C=O) groups excluding carboxylic acids is 1. The fraction of sp³-hybridized carbons (Fsp3) is 0.421. The van der Waals surface area contributed by atoms with Gasteiger partial charge in [0.1, 0.15) is 5.60 Å². The minimum absolute atomic E-state index is 0.0363. The van der Waals surface area contributed by atoms with Crippen LogP contribution in [-0.4, -0.2) is 47.7 Å². The van der Waals surface area contributed by atoms with E-state index in [0.717, 1.165) is 6.20 Å². The first-order valence-electron chi connectivity index (χ1n) is 9.20. The van der Waals surface area contributed by atoms with Crippen LogP contribution in [-0.2, 0) is 4.74 Å². The topological polar surface area (TPSA) is 105 Å². The Kier molecular flexibility index (Phi) is 5.36. The summed E-state index contributed by atoms with van der Waals surface area (Å²) in [4.78, 5) is 36.7. The van der Waals surface area contributed by atoms with Crippen molar-refractivity contribution in [1.29, 1.82) is 0 Å². The van der Waals surface area contributed by atoms with Crippen LogP contribution in [0.25, 0.3) is 17.0 Å². The van der Waals surface area contributed by atoms with Crippen molar-refractivity contribution >= 4 is 11.7 Å². The molecule has 1 N–H and O–H groups in total. The lowest BCUT2D eigenvalue weighted by Gasteiger charge is -2.30. The van der Waals surface area contributed by atoms with E-state index >= 15 is 0 Å². The lowest BCUT2D eigenvalue weighted by Crippen LogP contribution is -2.38. The number of nitrogens with one attached hydrogen (secondary N) is 1. The first-order valence-corrected chi connectivity index (χ1v) is 9.20. The van der Waals surface area contributed by atoms with Crippen LogP contribution in [0.5, 0.6) is 0 Å². The monoisotopic (exact) mass is 402 g/mol. The van der Waals surface area contributed by atoms with Crippen molar-refractivity contribution in [3.8, 4) is 11.4 Å². The summed E-state index contributed by atoms with van der Waals surface area (Å²) in [5, 5.41) is 4.20. The molecule has 0 bridgehead atoms. The van der Waals surface area contributed by atoms with Crippen molar-refractivity contribution < 1.29 is 13.9 Å². The third-order valence-corrected chi connectivity index (χ3v) is 4.26. The smallest absolute Gasteiger partial charge is 0.410 e. The normalized spacial score (nSPS) is 12.8. The molecule has 0 radical (unpaired) electrons. The predicted molar refractivity (Wildman–Crippen MR) is 104 cm³/mol. The highest BCUT2D eigenvalue weighted by atomic mass is 19.1. The van der Waals surface area contributed by atoms with Crippen LogP contribution in [0.15, 0.2) is 29.5 Å². The van der Waals surface area contributed by atoms with E-state index in [2.05, 4.69) is 20.1 Å². The summed E-state index contributed by atoms with van der Waals surface area (Å²) >= 11 is 0. The zero-order chi connectivity index (χ0) is 21.3. The van der Waals surface area contributed by atoms with Gasteiger partial charge in [-0.1, -0.05) is 0 Å². The third kappa shape index (κ3) is 4.25. The molecule has 1 atom stereocenters. The zero-order valence-corrected chi connectivity index (χ0v) is 16.9. The molecule has 154 valence electrons. The number of aromatic nitrogens is 5. The summed E-state index contributed by atoms with van der Waals surface area (Å²) < 4.78 is 21.2. The summed E-state index contributed by atoms with van der Waals surface area (Å²) in [5.41, 5.74) is -0.527. The van der Waals surface area contributed by atoms with Gasteiger partial charge in [-0.25, -0.2) is 18.7 Å². The number of amides is 1. The first kappa shape index (κ1) is 20.4. The van der Waals surface area contributed by atoms with E-state index in [9.17, 15) is 14.0 Å². The van der Waals surface area contributed by atoms with E-state index in [1.54, 1.807) is 27.7 Å². The zero-order valence-electron chi connectivity index (χ0n) is 16.9. The lowest BCUT2D eigenvalue weighted by atomic mass is 10.1. The first-order chi connectivity index (χ1) is 13.6. The molecule has 29 heavy (non-hydrogen) atoms. The SMILES string of the molecule is CCN(C(=O)OC(C)(C)C)[C@H](C)c1cc(-c2nn3ccnc3c(=O)[nH]2)c(F)cn1. The van der Waals surface area contributed by atoms with Crippen molar-refractivity contribution in [3.63, 3.8) is 0 Å². The molecule has 0 saturated heterocycles. The van der Waals surface area contributed by atoms with Crippen molar-refractivity contribution in [2.24, 2.45) is 0 Å². The van der Waals surface area contributed by atoms with Gasteiger partial charge in [0.25, 0.3) is 5.56 Å². The molecule has 3 rings (SSSR count). The van der Waals surface area contributed by atoms with Gasteiger partial charge in [-0.3, -0.25) is 9.78 Å². The molecule has 0 unspecified atom stereocenters. The number of aromatic amines is 1. The molecule has 10 heteroatoms. The second-order valence-corrected chi connectivity index (χ2v) is 7.53. The van der Waals surface area contributed by atoms with Crippen LogP contribution in [0.2, 0.25) is 0 Å². The highest BCUT2D eigenvalue weighted by molar-refractivity contribution is 5.69. The number of fused-ring (bicyclic) bond motifs is 1. The van der Waals surface area contributed by atoms with Crippen LogP contribution in [0, 0.1) is 5.82 Å². The molecular formula is C19H23FN6O3. The third-order valence-electron chi connectivity index (χ3n) is 4.26. The van der Waals surface area contributed by atoms with Gasteiger partial charge in [0.2, 0.25) is 5.65 Å². The Labute approximate surface area is 166 Å².